The minimum atomic E-state index is -3.42. The lowest BCUT2D eigenvalue weighted by Crippen LogP contribution is -2.33. The Kier molecular flexibility index (Phi) is 2.36. The number of carbonyl (C=O) groups excluding carboxylic acids is 1. The van der Waals surface area contributed by atoms with Gasteiger partial charge in [-0.15, -0.1) is 0 Å². The van der Waals surface area contributed by atoms with Gasteiger partial charge in [-0.25, -0.2) is 8.42 Å². The fourth-order valence-electron chi connectivity index (χ4n) is 1.73. The van der Waals surface area contributed by atoms with Crippen LogP contribution in [0.15, 0.2) is 29.2 Å². The van der Waals surface area contributed by atoms with E-state index in [1.165, 1.54) is 12.1 Å². The van der Waals surface area contributed by atoms with Gasteiger partial charge >= 0.3 is 0 Å². The van der Waals surface area contributed by atoms with E-state index in [4.69, 9.17) is 5.11 Å². The number of rotatable bonds is 1. The van der Waals surface area contributed by atoms with Gasteiger partial charge in [0.15, 0.2) is 15.6 Å². The lowest BCUT2D eigenvalue weighted by molar-refractivity contribution is 0.0871. The molecule has 0 aromatic heterocycles. The maximum atomic E-state index is 11.7. The van der Waals surface area contributed by atoms with E-state index in [2.05, 4.69) is 0 Å². The molecular weight excluding hydrogens is 216 g/mol. The molecule has 1 aliphatic rings. The van der Waals surface area contributed by atoms with Crippen molar-refractivity contribution in [3.8, 4) is 0 Å². The van der Waals surface area contributed by atoms with Crippen LogP contribution in [0.25, 0.3) is 0 Å². The zero-order valence-electron chi connectivity index (χ0n) is 7.88. The molecule has 0 saturated heterocycles. The van der Waals surface area contributed by atoms with Crippen molar-refractivity contribution in [2.45, 2.75) is 4.90 Å². The maximum Gasteiger partial charge on any atom is 0.179 e. The highest BCUT2D eigenvalue weighted by molar-refractivity contribution is 7.91. The average molecular weight is 226 g/mol. The van der Waals surface area contributed by atoms with Gasteiger partial charge in [-0.3, -0.25) is 4.79 Å². The van der Waals surface area contributed by atoms with Crippen LogP contribution in [0.2, 0.25) is 0 Å². The molecule has 1 aliphatic heterocycles. The topological polar surface area (TPSA) is 71.4 Å². The van der Waals surface area contributed by atoms with Gasteiger partial charge in [0.05, 0.1) is 23.2 Å². The van der Waals surface area contributed by atoms with E-state index in [9.17, 15) is 13.2 Å². The monoisotopic (exact) mass is 226 g/mol. The summed E-state index contributed by atoms with van der Waals surface area (Å²) in [5, 5.41) is 8.93. The molecule has 2 rings (SSSR count). The molecule has 1 aromatic carbocycles. The first-order valence-corrected chi connectivity index (χ1v) is 6.18. The highest BCUT2D eigenvalue weighted by Gasteiger charge is 2.35. The van der Waals surface area contributed by atoms with Crippen molar-refractivity contribution >= 4 is 15.6 Å². The zero-order valence-corrected chi connectivity index (χ0v) is 8.70. The van der Waals surface area contributed by atoms with Crippen LogP contribution in [0.1, 0.15) is 10.4 Å². The molecule has 1 unspecified atom stereocenters. The summed E-state index contributed by atoms with van der Waals surface area (Å²) in [6.45, 7) is -0.424. The van der Waals surface area contributed by atoms with Gasteiger partial charge in [-0.1, -0.05) is 18.2 Å². The number of sulfone groups is 1. The molecule has 0 saturated carbocycles. The largest absolute Gasteiger partial charge is 0.396 e. The second-order valence-electron chi connectivity index (χ2n) is 3.52. The molecule has 1 heterocycles. The van der Waals surface area contributed by atoms with Crippen molar-refractivity contribution in [2.24, 2.45) is 5.92 Å². The number of carbonyl (C=O) groups is 1. The van der Waals surface area contributed by atoms with Crippen LogP contribution in [0.3, 0.4) is 0 Å². The summed E-state index contributed by atoms with van der Waals surface area (Å²) >= 11 is 0. The van der Waals surface area contributed by atoms with Crippen LogP contribution in [0.5, 0.6) is 0 Å². The van der Waals surface area contributed by atoms with Crippen molar-refractivity contribution in [3.05, 3.63) is 29.8 Å². The van der Waals surface area contributed by atoms with Gasteiger partial charge in [0.1, 0.15) is 0 Å². The Morgan fingerprint density at radius 2 is 2.00 bits per heavy atom. The molecule has 1 atom stereocenters. The molecule has 1 N–H and O–H groups in total. The van der Waals surface area contributed by atoms with Crippen LogP contribution < -0.4 is 0 Å². The summed E-state index contributed by atoms with van der Waals surface area (Å²) in [5.41, 5.74) is 0.197. The number of Topliss-reactive ketones (excluding diaryl/α,β-unsaturated/α-hetero) is 1. The molecule has 0 bridgehead atoms. The Morgan fingerprint density at radius 3 is 2.67 bits per heavy atom. The second-order valence-corrected chi connectivity index (χ2v) is 5.52. The van der Waals surface area contributed by atoms with Gasteiger partial charge in [0.25, 0.3) is 0 Å². The van der Waals surface area contributed by atoms with Gasteiger partial charge in [0.2, 0.25) is 0 Å². The van der Waals surface area contributed by atoms with Crippen LogP contribution in [0.4, 0.5) is 0 Å². The summed E-state index contributed by atoms with van der Waals surface area (Å²) < 4.78 is 23.4. The lowest BCUT2D eigenvalue weighted by atomic mass is 9.99. The van der Waals surface area contributed by atoms with Crippen LogP contribution in [-0.4, -0.2) is 31.7 Å². The zero-order chi connectivity index (χ0) is 11.1. The van der Waals surface area contributed by atoms with Crippen LogP contribution >= 0.6 is 0 Å². The van der Waals surface area contributed by atoms with Gasteiger partial charge in [0, 0.05) is 5.56 Å². The summed E-state index contributed by atoms with van der Waals surface area (Å²) in [5.74, 6) is -1.40. The first-order valence-electron chi connectivity index (χ1n) is 4.53. The van der Waals surface area contributed by atoms with E-state index >= 15 is 0 Å². The fourth-order valence-corrected chi connectivity index (χ4v) is 3.48. The molecule has 5 heteroatoms. The fraction of sp³-hybridized carbons (Fsp3) is 0.300. The average Bonchev–Trinajstić information content (AvgIpc) is 2.24. The number of ketones is 1. The Morgan fingerprint density at radius 1 is 1.33 bits per heavy atom. The number of hydrogen-bond donors (Lipinski definition) is 1. The summed E-state index contributed by atoms with van der Waals surface area (Å²) in [4.78, 5) is 11.8. The van der Waals surface area contributed by atoms with Crippen LogP contribution in [-0.2, 0) is 9.84 Å². The minimum absolute atomic E-state index is 0.0831. The molecule has 0 aliphatic carbocycles. The maximum absolute atomic E-state index is 11.7. The van der Waals surface area contributed by atoms with Crippen molar-refractivity contribution in [3.63, 3.8) is 0 Å². The van der Waals surface area contributed by atoms with Crippen molar-refractivity contribution in [2.75, 3.05) is 12.4 Å². The molecule has 1 aromatic rings. The summed E-state index contributed by atoms with van der Waals surface area (Å²) in [6, 6.07) is 6.11. The Labute approximate surface area is 87.5 Å². The highest BCUT2D eigenvalue weighted by Crippen LogP contribution is 2.27. The van der Waals surface area contributed by atoms with Gasteiger partial charge in [-0.05, 0) is 6.07 Å². The molecule has 0 radical (unpaired) electrons. The van der Waals surface area contributed by atoms with Crippen molar-refractivity contribution < 1.29 is 18.3 Å². The smallest absolute Gasteiger partial charge is 0.179 e. The number of aliphatic hydroxyl groups excluding tert-OH is 1. The number of aliphatic hydroxyl groups is 1. The van der Waals surface area contributed by atoms with Crippen molar-refractivity contribution in [1.82, 2.24) is 0 Å². The number of fused-ring (bicyclic) bond motifs is 1. The van der Waals surface area contributed by atoms with Crippen molar-refractivity contribution in [1.29, 1.82) is 0 Å². The number of benzene rings is 1. The Balaban J connectivity index is 2.66. The van der Waals surface area contributed by atoms with Gasteiger partial charge in [-0.2, -0.15) is 0 Å². The minimum Gasteiger partial charge on any atom is -0.396 e. The second kappa shape index (κ2) is 3.43. The number of hydrogen-bond acceptors (Lipinski definition) is 4. The van der Waals surface area contributed by atoms with E-state index < -0.39 is 22.4 Å². The molecule has 15 heavy (non-hydrogen) atoms. The predicted molar refractivity (Wildman–Crippen MR) is 53.4 cm³/mol. The quantitative estimate of drug-likeness (QED) is 0.745. The third-order valence-electron chi connectivity index (χ3n) is 2.50. The normalized spacial score (nSPS) is 23.5. The molecular formula is C10H10O4S. The molecule has 80 valence electrons. The van der Waals surface area contributed by atoms with E-state index in [0.29, 0.717) is 0 Å². The molecule has 0 amide bonds. The molecule has 0 spiro atoms. The van der Waals surface area contributed by atoms with E-state index in [1.54, 1.807) is 12.1 Å². The predicted octanol–water partition coefficient (Wildman–Crippen LogP) is 0.265. The SMILES string of the molecule is O=C1c2ccccc2S(=O)(=O)CC1CO. The standard InChI is InChI=1S/C10H10O4S/c11-5-7-6-15(13,14)9-4-2-1-3-8(9)10(7)12/h1-4,7,11H,5-6H2. The van der Waals surface area contributed by atoms with E-state index in [0.717, 1.165) is 0 Å². The van der Waals surface area contributed by atoms with E-state index in [-0.39, 0.29) is 22.0 Å². The first-order chi connectivity index (χ1) is 7.06. The Hall–Kier alpha value is -1.20. The van der Waals surface area contributed by atoms with Crippen LogP contribution in [0, 0.1) is 5.92 Å². The Bertz CT molecular complexity index is 504. The van der Waals surface area contributed by atoms with E-state index in [1.807, 2.05) is 0 Å². The molecule has 0 fully saturated rings. The summed E-state index contributed by atoms with van der Waals surface area (Å²) in [7, 11) is -3.42. The first kappa shape index (κ1) is 10.3. The highest BCUT2D eigenvalue weighted by atomic mass is 32.2. The summed E-state index contributed by atoms with van der Waals surface area (Å²) in [6.07, 6.45) is 0. The third-order valence-corrected chi connectivity index (χ3v) is 4.37. The molecule has 4 nitrogen and oxygen atoms in total. The van der Waals surface area contributed by atoms with Gasteiger partial charge < -0.3 is 5.11 Å². The lowest BCUT2D eigenvalue weighted by Gasteiger charge is -2.21. The third kappa shape index (κ3) is 1.57.